The summed E-state index contributed by atoms with van der Waals surface area (Å²) in [5, 5.41) is 4.84. The van der Waals surface area contributed by atoms with E-state index in [1.54, 1.807) is 18.2 Å². The third kappa shape index (κ3) is 4.30. The second-order valence-electron chi connectivity index (χ2n) is 6.29. The van der Waals surface area contributed by atoms with Gasteiger partial charge in [0, 0.05) is 17.3 Å². The van der Waals surface area contributed by atoms with Crippen molar-refractivity contribution in [3.8, 4) is 0 Å². The van der Waals surface area contributed by atoms with Gasteiger partial charge in [0.05, 0.1) is 5.69 Å². The van der Waals surface area contributed by atoms with Crippen LogP contribution >= 0.6 is 0 Å². The highest BCUT2D eigenvalue weighted by Gasteiger charge is 2.36. The molecule has 0 aliphatic rings. The number of carbonyl (C=O) groups is 3. The van der Waals surface area contributed by atoms with Crippen LogP contribution in [0, 0.1) is 17.0 Å². The minimum absolute atomic E-state index is 0.162. The Labute approximate surface area is 149 Å². The molecule has 0 spiro atoms. The molecule has 0 atom stereocenters. The monoisotopic (exact) mass is 360 g/mol. The molecule has 0 fully saturated rings. The number of nitrogens with one attached hydrogen (secondary N) is 2. The van der Waals surface area contributed by atoms with Gasteiger partial charge in [-0.25, -0.2) is 8.78 Å². The van der Waals surface area contributed by atoms with Gasteiger partial charge in [0.25, 0.3) is 0 Å². The van der Waals surface area contributed by atoms with Gasteiger partial charge in [0.1, 0.15) is 17.0 Å². The number of carbonyl (C=O) groups excluding carboxylic acids is 3. The van der Waals surface area contributed by atoms with Crippen molar-refractivity contribution in [2.45, 2.75) is 20.8 Å². The number of amides is 2. The maximum absolute atomic E-state index is 13.7. The van der Waals surface area contributed by atoms with Crippen LogP contribution in [0.5, 0.6) is 0 Å². The van der Waals surface area contributed by atoms with E-state index >= 15 is 0 Å². The van der Waals surface area contributed by atoms with E-state index in [1.165, 1.54) is 26.8 Å². The largest absolute Gasteiger partial charge is 0.325 e. The Bertz CT molecular complexity index is 879. The second kappa shape index (κ2) is 7.43. The van der Waals surface area contributed by atoms with Crippen molar-refractivity contribution in [3.05, 3.63) is 59.7 Å². The van der Waals surface area contributed by atoms with E-state index in [1.807, 2.05) is 0 Å². The summed E-state index contributed by atoms with van der Waals surface area (Å²) < 4.78 is 26.6. The van der Waals surface area contributed by atoms with Gasteiger partial charge >= 0.3 is 0 Å². The van der Waals surface area contributed by atoms with Crippen molar-refractivity contribution < 1.29 is 23.2 Å². The van der Waals surface area contributed by atoms with Crippen LogP contribution < -0.4 is 10.6 Å². The van der Waals surface area contributed by atoms with Gasteiger partial charge in [0.15, 0.2) is 5.78 Å². The van der Waals surface area contributed by atoms with Gasteiger partial charge < -0.3 is 10.6 Å². The molecule has 2 aromatic rings. The van der Waals surface area contributed by atoms with Gasteiger partial charge in [-0.1, -0.05) is 12.1 Å². The van der Waals surface area contributed by atoms with Gasteiger partial charge in [-0.2, -0.15) is 0 Å². The van der Waals surface area contributed by atoms with Crippen molar-refractivity contribution in [2.24, 2.45) is 5.41 Å². The average Bonchev–Trinajstić information content (AvgIpc) is 2.57. The van der Waals surface area contributed by atoms with Gasteiger partial charge in [-0.05, 0) is 45.0 Å². The molecule has 0 aliphatic heterocycles. The van der Waals surface area contributed by atoms with Crippen molar-refractivity contribution >= 4 is 29.0 Å². The first-order valence-corrected chi connectivity index (χ1v) is 7.80. The molecule has 0 saturated carbocycles. The molecule has 2 rings (SSSR count). The number of hydrogen-bond donors (Lipinski definition) is 2. The van der Waals surface area contributed by atoms with Crippen LogP contribution in [0.3, 0.4) is 0 Å². The molecule has 0 aromatic heterocycles. The maximum Gasteiger partial charge on any atom is 0.239 e. The molecule has 26 heavy (non-hydrogen) atoms. The fraction of sp³-hybridized carbons (Fsp3) is 0.211. The molecule has 0 saturated heterocycles. The number of Topliss-reactive ketones (excluding diaryl/α,β-unsaturated/α-hetero) is 1. The van der Waals surface area contributed by atoms with Gasteiger partial charge in [0.2, 0.25) is 11.8 Å². The molecule has 0 unspecified atom stereocenters. The van der Waals surface area contributed by atoms with Crippen LogP contribution in [0.4, 0.5) is 20.2 Å². The zero-order chi connectivity index (χ0) is 19.5. The number of hydrogen-bond acceptors (Lipinski definition) is 3. The quantitative estimate of drug-likeness (QED) is 0.630. The summed E-state index contributed by atoms with van der Waals surface area (Å²) in [5.41, 5.74) is -1.00. The topological polar surface area (TPSA) is 75.3 Å². The molecular weight excluding hydrogens is 342 g/mol. The first kappa shape index (κ1) is 19.2. The normalized spacial score (nSPS) is 11.0. The predicted octanol–water partition coefficient (Wildman–Crippen LogP) is 3.77. The molecule has 2 N–H and O–H groups in total. The summed E-state index contributed by atoms with van der Waals surface area (Å²) in [6.07, 6.45) is 0. The molecule has 2 amide bonds. The zero-order valence-electron chi connectivity index (χ0n) is 14.5. The molecule has 0 radical (unpaired) electrons. The Balaban J connectivity index is 2.14. The van der Waals surface area contributed by atoms with E-state index in [2.05, 4.69) is 10.6 Å². The minimum Gasteiger partial charge on any atom is -0.325 e. The van der Waals surface area contributed by atoms with Gasteiger partial charge in [-0.15, -0.1) is 0 Å². The highest BCUT2D eigenvalue weighted by molar-refractivity contribution is 6.14. The number of benzene rings is 2. The number of halogens is 2. The molecular formula is C19H18F2N2O3. The Morgan fingerprint density at radius 1 is 0.923 bits per heavy atom. The van der Waals surface area contributed by atoms with Crippen molar-refractivity contribution in [2.75, 3.05) is 10.6 Å². The van der Waals surface area contributed by atoms with Crippen LogP contribution in [-0.2, 0) is 9.59 Å². The summed E-state index contributed by atoms with van der Waals surface area (Å²) in [6.45, 7) is 4.14. The Hall–Kier alpha value is -3.09. The van der Waals surface area contributed by atoms with Crippen molar-refractivity contribution in [1.29, 1.82) is 0 Å². The van der Waals surface area contributed by atoms with Crippen molar-refractivity contribution in [3.63, 3.8) is 0 Å². The molecule has 7 heteroatoms. The van der Waals surface area contributed by atoms with E-state index in [0.717, 1.165) is 12.1 Å². The lowest BCUT2D eigenvalue weighted by Gasteiger charge is -2.23. The summed E-state index contributed by atoms with van der Waals surface area (Å²) in [4.78, 5) is 36.3. The standard InChI is InChI=1S/C19H18F2N2O3/c1-11(24)12-5-4-6-14(9-12)22-17(25)19(2,3)18(26)23-16-8-7-13(20)10-15(16)21/h4-10H,1-3H3,(H,22,25)(H,23,26). The SMILES string of the molecule is CC(=O)c1cccc(NC(=O)C(C)(C)C(=O)Nc2ccc(F)cc2F)c1. The van der Waals surface area contributed by atoms with E-state index in [-0.39, 0.29) is 11.5 Å². The summed E-state index contributed by atoms with van der Waals surface area (Å²) in [6, 6.07) is 8.99. The third-order valence-corrected chi connectivity index (χ3v) is 3.84. The smallest absolute Gasteiger partial charge is 0.239 e. The summed E-state index contributed by atoms with van der Waals surface area (Å²) in [5.74, 6) is -3.28. The molecule has 5 nitrogen and oxygen atoms in total. The molecule has 2 aromatic carbocycles. The Kier molecular flexibility index (Phi) is 5.50. The fourth-order valence-corrected chi connectivity index (χ4v) is 2.08. The lowest BCUT2D eigenvalue weighted by Crippen LogP contribution is -2.41. The van der Waals surface area contributed by atoms with E-state index in [4.69, 9.17) is 0 Å². The van der Waals surface area contributed by atoms with E-state index in [9.17, 15) is 23.2 Å². The fourth-order valence-electron chi connectivity index (χ4n) is 2.08. The lowest BCUT2D eigenvalue weighted by molar-refractivity contribution is -0.135. The van der Waals surface area contributed by atoms with Gasteiger partial charge in [-0.3, -0.25) is 14.4 Å². The molecule has 0 bridgehead atoms. The third-order valence-electron chi connectivity index (χ3n) is 3.84. The minimum atomic E-state index is -1.55. The highest BCUT2D eigenvalue weighted by Crippen LogP contribution is 2.23. The van der Waals surface area contributed by atoms with Crippen LogP contribution in [0.2, 0.25) is 0 Å². The average molecular weight is 360 g/mol. The number of anilines is 2. The second-order valence-corrected chi connectivity index (χ2v) is 6.29. The zero-order valence-corrected chi connectivity index (χ0v) is 14.5. The number of ketones is 1. The van der Waals surface area contributed by atoms with Crippen LogP contribution in [-0.4, -0.2) is 17.6 Å². The lowest BCUT2D eigenvalue weighted by atomic mass is 9.90. The van der Waals surface area contributed by atoms with E-state index in [0.29, 0.717) is 17.3 Å². The van der Waals surface area contributed by atoms with Crippen LogP contribution in [0.15, 0.2) is 42.5 Å². The van der Waals surface area contributed by atoms with E-state index < -0.39 is 28.9 Å². The predicted molar refractivity (Wildman–Crippen MR) is 93.8 cm³/mol. The molecule has 136 valence electrons. The summed E-state index contributed by atoms with van der Waals surface area (Å²) in [7, 11) is 0. The van der Waals surface area contributed by atoms with Crippen LogP contribution in [0.1, 0.15) is 31.1 Å². The molecule has 0 aliphatic carbocycles. The summed E-state index contributed by atoms with van der Waals surface area (Å²) >= 11 is 0. The maximum atomic E-state index is 13.7. The van der Waals surface area contributed by atoms with Crippen molar-refractivity contribution in [1.82, 2.24) is 0 Å². The molecule has 0 heterocycles. The Morgan fingerprint density at radius 3 is 2.19 bits per heavy atom. The highest BCUT2D eigenvalue weighted by atomic mass is 19.1. The number of rotatable bonds is 5. The van der Waals surface area contributed by atoms with Crippen LogP contribution in [0.25, 0.3) is 0 Å². The Morgan fingerprint density at radius 2 is 1.58 bits per heavy atom. The first-order chi connectivity index (χ1) is 12.1. The first-order valence-electron chi connectivity index (χ1n) is 7.80.